The number of rotatable bonds is 7. The number of hydrogen-bond donors (Lipinski definition) is 2. The third-order valence-electron chi connectivity index (χ3n) is 2.51. The highest BCUT2D eigenvalue weighted by Crippen LogP contribution is 2.09. The van der Waals surface area contributed by atoms with Crippen LogP contribution in [0.1, 0.15) is 23.0 Å². The lowest BCUT2D eigenvalue weighted by Gasteiger charge is -2.22. The number of esters is 1. The highest BCUT2D eigenvalue weighted by atomic mass is 32.2. The Labute approximate surface area is 117 Å². The summed E-state index contributed by atoms with van der Waals surface area (Å²) in [6.45, 7) is 2.84. The Kier molecular flexibility index (Phi) is 6.27. The van der Waals surface area contributed by atoms with Crippen LogP contribution in [-0.2, 0) is 11.3 Å². The van der Waals surface area contributed by atoms with Gasteiger partial charge in [0.2, 0.25) is 0 Å². The first-order valence-corrected chi connectivity index (χ1v) is 7.33. The van der Waals surface area contributed by atoms with Crippen molar-refractivity contribution in [2.45, 2.75) is 19.1 Å². The van der Waals surface area contributed by atoms with Crippen molar-refractivity contribution in [3.8, 4) is 0 Å². The number of nitrogens with one attached hydrogen (secondary N) is 1. The molecule has 0 saturated heterocycles. The molecule has 0 radical (unpaired) electrons. The molecule has 1 atom stereocenters. The van der Waals surface area contributed by atoms with Gasteiger partial charge in [-0.05, 0) is 25.3 Å². The molecular weight excluding hydrogens is 264 g/mol. The third kappa shape index (κ3) is 5.59. The largest absolute Gasteiger partial charge is 0.465 e. The number of nitrogens with zero attached hydrogens (tertiary/aromatic N) is 1. The first-order valence-electron chi connectivity index (χ1n) is 5.94. The summed E-state index contributed by atoms with van der Waals surface area (Å²) < 4.78 is 4.60. The summed E-state index contributed by atoms with van der Waals surface area (Å²) in [5.74, 6) is 0.282. The number of carbonyl (C=O) groups is 1. The molecular formula is C13H20N2O3S. The lowest BCUT2D eigenvalue weighted by Crippen LogP contribution is -2.39. The van der Waals surface area contributed by atoms with Crippen LogP contribution in [0, 0.1) is 0 Å². The average molecular weight is 284 g/mol. The van der Waals surface area contributed by atoms with E-state index in [0.717, 1.165) is 5.69 Å². The van der Waals surface area contributed by atoms with Gasteiger partial charge in [-0.25, -0.2) is 4.79 Å². The second kappa shape index (κ2) is 7.47. The number of ether oxygens (including phenoxy) is 1. The van der Waals surface area contributed by atoms with Crippen molar-refractivity contribution in [1.29, 1.82) is 0 Å². The summed E-state index contributed by atoms with van der Waals surface area (Å²) in [4.78, 5) is 15.4. The molecule has 1 unspecified atom stereocenters. The van der Waals surface area contributed by atoms with E-state index in [2.05, 4.69) is 15.0 Å². The molecule has 0 saturated carbocycles. The van der Waals surface area contributed by atoms with Crippen molar-refractivity contribution in [3.63, 3.8) is 0 Å². The molecule has 0 aromatic carbocycles. The topological polar surface area (TPSA) is 71.5 Å². The van der Waals surface area contributed by atoms with Gasteiger partial charge >= 0.3 is 5.97 Å². The van der Waals surface area contributed by atoms with Crippen molar-refractivity contribution >= 4 is 17.7 Å². The molecule has 1 aromatic rings. The first-order chi connectivity index (χ1) is 8.98. The number of aromatic nitrogens is 1. The van der Waals surface area contributed by atoms with E-state index in [1.807, 2.05) is 6.26 Å². The monoisotopic (exact) mass is 284 g/mol. The lowest BCUT2D eigenvalue weighted by molar-refractivity contribution is 0.0600. The van der Waals surface area contributed by atoms with Crippen LogP contribution in [0.4, 0.5) is 0 Å². The quantitative estimate of drug-likeness (QED) is 0.730. The highest BCUT2D eigenvalue weighted by molar-refractivity contribution is 7.98. The van der Waals surface area contributed by atoms with Crippen molar-refractivity contribution in [2.24, 2.45) is 0 Å². The Morgan fingerprint density at radius 1 is 1.58 bits per heavy atom. The van der Waals surface area contributed by atoms with Crippen LogP contribution >= 0.6 is 11.8 Å². The number of hydrogen-bond acceptors (Lipinski definition) is 6. The summed E-state index contributed by atoms with van der Waals surface area (Å²) in [6, 6.07) is 3.44. The Bertz CT molecular complexity index is 407. The zero-order valence-corrected chi connectivity index (χ0v) is 12.3. The molecule has 1 rings (SSSR count). The fraction of sp³-hybridized carbons (Fsp3) is 0.538. The fourth-order valence-electron chi connectivity index (χ4n) is 1.59. The predicted molar refractivity (Wildman–Crippen MR) is 76.3 cm³/mol. The van der Waals surface area contributed by atoms with E-state index in [1.165, 1.54) is 13.3 Å². The standard InChI is InChI=1S/C13H20N2O3S/c1-13(17,9-19-3)8-14-7-11-5-4-10(6-15-11)12(16)18-2/h4-6,14,17H,7-9H2,1-3H3. The number of methoxy groups -OCH3 is 1. The smallest absolute Gasteiger partial charge is 0.339 e. The second-order valence-corrected chi connectivity index (χ2v) is 5.43. The molecule has 6 heteroatoms. The molecule has 5 nitrogen and oxygen atoms in total. The minimum Gasteiger partial charge on any atom is -0.465 e. The van der Waals surface area contributed by atoms with Gasteiger partial charge < -0.3 is 15.2 Å². The van der Waals surface area contributed by atoms with Crippen LogP contribution < -0.4 is 5.32 Å². The van der Waals surface area contributed by atoms with Gasteiger partial charge in [0.1, 0.15) is 0 Å². The lowest BCUT2D eigenvalue weighted by atomic mass is 10.1. The molecule has 0 amide bonds. The van der Waals surface area contributed by atoms with Crippen LogP contribution in [0.2, 0.25) is 0 Å². The summed E-state index contributed by atoms with van der Waals surface area (Å²) in [6.07, 6.45) is 3.45. The molecule has 1 heterocycles. The van der Waals surface area contributed by atoms with Gasteiger partial charge in [0, 0.05) is 25.0 Å². The average Bonchev–Trinajstić information content (AvgIpc) is 2.38. The van der Waals surface area contributed by atoms with Gasteiger partial charge in [-0.3, -0.25) is 4.98 Å². The van der Waals surface area contributed by atoms with E-state index in [1.54, 1.807) is 30.8 Å². The Morgan fingerprint density at radius 2 is 2.32 bits per heavy atom. The summed E-state index contributed by atoms with van der Waals surface area (Å²) >= 11 is 1.61. The summed E-state index contributed by atoms with van der Waals surface area (Å²) in [7, 11) is 1.34. The van der Waals surface area contributed by atoms with Gasteiger partial charge in [0.25, 0.3) is 0 Å². The zero-order valence-electron chi connectivity index (χ0n) is 11.5. The number of carbonyl (C=O) groups excluding carboxylic acids is 1. The first kappa shape index (κ1) is 15.9. The summed E-state index contributed by atoms with van der Waals surface area (Å²) in [5.41, 5.74) is 0.513. The molecule has 1 aromatic heterocycles. The zero-order chi connectivity index (χ0) is 14.3. The van der Waals surface area contributed by atoms with Crippen molar-refractivity contribution < 1.29 is 14.6 Å². The molecule has 0 aliphatic heterocycles. The summed E-state index contributed by atoms with van der Waals surface area (Å²) in [5, 5.41) is 13.1. The minimum absolute atomic E-state index is 0.394. The van der Waals surface area contributed by atoms with Crippen LogP contribution in [0.25, 0.3) is 0 Å². The van der Waals surface area contributed by atoms with Crippen molar-refractivity contribution in [2.75, 3.05) is 25.7 Å². The molecule has 0 fully saturated rings. The number of pyridine rings is 1. The SMILES string of the molecule is COC(=O)c1ccc(CNCC(C)(O)CSC)nc1. The molecule has 0 aliphatic rings. The fourth-order valence-corrected chi connectivity index (χ4v) is 2.31. The van der Waals surface area contributed by atoms with Gasteiger partial charge in [0.05, 0.1) is 24.0 Å². The number of thioether (sulfide) groups is 1. The maximum Gasteiger partial charge on any atom is 0.339 e. The normalized spacial score (nSPS) is 13.9. The van der Waals surface area contributed by atoms with Gasteiger partial charge in [-0.1, -0.05) is 0 Å². The van der Waals surface area contributed by atoms with E-state index in [-0.39, 0.29) is 0 Å². The maximum absolute atomic E-state index is 11.2. The van der Waals surface area contributed by atoms with Crippen LogP contribution in [0.15, 0.2) is 18.3 Å². The third-order valence-corrected chi connectivity index (χ3v) is 3.42. The highest BCUT2D eigenvalue weighted by Gasteiger charge is 2.18. The van der Waals surface area contributed by atoms with Crippen LogP contribution in [0.5, 0.6) is 0 Å². The Balaban J connectivity index is 2.44. The van der Waals surface area contributed by atoms with Crippen molar-refractivity contribution in [3.05, 3.63) is 29.6 Å². The van der Waals surface area contributed by atoms with Gasteiger partial charge in [-0.2, -0.15) is 11.8 Å². The number of aliphatic hydroxyl groups is 1. The molecule has 0 bridgehead atoms. The van der Waals surface area contributed by atoms with Gasteiger partial charge in [-0.15, -0.1) is 0 Å². The molecule has 2 N–H and O–H groups in total. The van der Waals surface area contributed by atoms with E-state index in [0.29, 0.717) is 24.4 Å². The molecule has 0 spiro atoms. The Hall–Kier alpha value is -1.11. The van der Waals surface area contributed by atoms with Gasteiger partial charge in [0.15, 0.2) is 0 Å². The van der Waals surface area contributed by atoms with Crippen LogP contribution in [-0.4, -0.2) is 47.3 Å². The van der Waals surface area contributed by atoms with E-state index in [4.69, 9.17) is 0 Å². The Morgan fingerprint density at radius 3 is 2.84 bits per heavy atom. The van der Waals surface area contributed by atoms with E-state index < -0.39 is 11.6 Å². The molecule has 19 heavy (non-hydrogen) atoms. The molecule has 0 aliphatic carbocycles. The van der Waals surface area contributed by atoms with E-state index in [9.17, 15) is 9.90 Å². The van der Waals surface area contributed by atoms with E-state index >= 15 is 0 Å². The maximum atomic E-state index is 11.2. The second-order valence-electron chi connectivity index (χ2n) is 4.56. The predicted octanol–water partition coefficient (Wildman–Crippen LogP) is 1.07. The van der Waals surface area contributed by atoms with Crippen LogP contribution in [0.3, 0.4) is 0 Å². The minimum atomic E-state index is -0.731. The molecule has 106 valence electrons. The van der Waals surface area contributed by atoms with Crippen molar-refractivity contribution in [1.82, 2.24) is 10.3 Å².